The molecule has 1 aromatic rings. The van der Waals surface area contributed by atoms with E-state index < -0.39 is 12.5 Å². The van der Waals surface area contributed by atoms with Gasteiger partial charge in [-0.2, -0.15) is 5.26 Å². The highest BCUT2D eigenvalue weighted by molar-refractivity contribution is 5.61. The maximum atomic E-state index is 12.3. The Kier molecular flexibility index (Phi) is 3.62. The Morgan fingerprint density at radius 3 is 2.60 bits per heavy atom. The van der Waals surface area contributed by atoms with E-state index in [0.29, 0.717) is 11.3 Å². The number of nitriles is 1. The molecule has 0 bridgehead atoms. The molecule has 0 aliphatic heterocycles. The average Bonchev–Trinajstić information content (AvgIpc) is 2.18. The summed E-state index contributed by atoms with van der Waals surface area (Å²) in [5.41, 5.74) is 1.67. The van der Waals surface area contributed by atoms with E-state index >= 15 is 0 Å². The van der Waals surface area contributed by atoms with E-state index in [0.717, 1.165) is 5.56 Å². The molecule has 1 N–H and O–H groups in total. The van der Waals surface area contributed by atoms with Gasteiger partial charge in [0.25, 0.3) is 6.43 Å². The van der Waals surface area contributed by atoms with Crippen LogP contribution in [-0.4, -0.2) is 12.5 Å². The van der Waals surface area contributed by atoms with Crippen molar-refractivity contribution >= 4 is 5.69 Å². The lowest BCUT2D eigenvalue weighted by atomic mass is 10.1. The number of halogens is 2. The molecule has 0 fully saturated rings. The fourth-order valence-corrected chi connectivity index (χ4v) is 1.24. The van der Waals surface area contributed by atoms with Gasteiger partial charge in [0, 0.05) is 0 Å². The van der Waals surface area contributed by atoms with Gasteiger partial charge in [-0.1, -0.05) is 12.1 Å². The zero-order chi connectivity index (χ0) is 11.4. The van der Waals surface area contributed by atoms with Crippen molar-refractivity contribution in [1.82, 2.24) is 0 Å². The summed E-state index contributed by atoms with van der Waals surface area (Å²) in [6, 6.07) is 6.18. The molecule has 2 nitrogen and oxygen atoms in total. The van der Waals surface area contributed by atoms with E-state index in [1.807, 2.05) is 6.07 Å². The van der Waals surface area contributed by atoms with Crippen LogP contribution in [0, 0.1) is 18.3 Å². The minimum absolute atomic E-state index is 0.421. The summed E-state index contributed by atoms with van der Waals surface area (Å²) in [5.74, 6) is 0. The molecule has 0 aliphatic carbocycles. The SMILES string of the molecule is Cc1cccc(NC(C)C(F)F)c1C#N. The number of rotatable bonds is 3. The van der Waals surface area contributed by atoms with Gasteiger partial charge in [0.05, 0.1) is 17.3 Å². The van der Waals surface area contributed by atoms with Gasteiger partial charge in [-0.25, -0.2) is 8.78 Å². The molecule has 0 spiro atoms. The van der Waals surface area contributed by atoms with Crippen LogP contribution in [0.5, 0.6) is 0 Å². The number of anilines is 1. The van der Waals surface area contributed by atoms with Crippen molar-refractivity contribution in [3.05, 3.63) is 29.3 Å². The van der Waals surface area contributed by atoms with Gasteiger partial charge < -0.3 is 5.32 Å². The molecule has 0 aromatic heterocycles. The third-order valence-electron chi connectivity index (χ3n) is 2.15. The molecule has 4 heteroatoms. The predicted octanol–water partition coefficient (Wildman–Crippen LogP) is 2.93. The van der Waals surface area contributed by atoms with Crippen LogP contribution in [0.25, 0.3) is 0 Å². The molecule has 0 saturated carbocycles. The van der Waals surface area contributed by atoms with Crippen molar-refractivity contribution in [1.29, 1.82) is 5.26 Å². The highest BCUT2D eigenvalue weighted by Crippen LogP contribution is 2.20. The van der Waals surface area contributed by atoms with Crippen molar-refractivity contribution in [2.75, 3.05) is 5.32 Å². The number of nitrogens with one attached hydrogen (secondary N) is 1. The molecule has 0 amide bonds. The van der Waals surface area contributed by atoms with Crippen LogP contribution in [0.15, 0.2) is 18.2 Å². The maximum absolute atomic E-state index is 12.3. The van der Waals surface area contributed by atoms with Gasteiger partial charge in [0.2, 0.25) is 0 Å². The summed E-state index contributed by atoms with van der Waals surface area (Å²) in [6.07, 6.45) is -2.45. The highest BCUT2D eigenvalue weighted by Gasteiger charge is 2.15. The normalized spacial score (nSPS) is 12.3. The summed E-state index contributed by atoms with van der Waals surface area (Å²) in [5, 5.41) is 11.5. The zero-order valence-corrected chi connectivity index (χ0v) is 8.59. The van der Waals surface area contributed by atoms with Gasteiger partial charge >= 0.3 is 0 Å². The molecule has 1 unspecified atom stereocenters. The summed E-state index contributed by atoms with van der Waals surface area (Å²) in [6.45, 7) is 3.16. The Bertz CT molecular complexity index is 383. The molecule has 80 valence electrons. The summed E-state index contributed by atoms with van der Waals surface area (Å²) in [4.78, 5) is 0. The second-order valence-electron chi connectivity index (χ2n) is 3.38. The zero-order valence-electron chi connectivity index (χ0n) is 8.59. The van der Waals surface area contributed by atoms with Crippen molar-refractivity contribution in [2.24, 2.45) is 0 Å². The lowest BCUT2D eigenvalue weighted by molar-refractivity contribution is 0.130. The minimum atomic E-state index is -2.45. The Morgan fingerprint density at radius 2 is 2.07 bits per heavy atom. The summed E-state index contributed by atoms with van der Waals surface area (Å²) < 4.78 is 24.6. The third-order valence-corrected chi connectivity index (χ3v) is 2.15. The molecular formula is C11H12F2N2. The Morgan fingerprint density at radius 1 is 1.40 bits per heavy atom. The first-order valence-electron chi connectivity index (χ1n) is 4.60. The monoisotopic (exact) mass is 210 g/mol. The highest BCUT2D eigenvalue weighted by atomic mass is 19.3. The van der Waals surface area contributed by atoms with Gasteiger partial charge in [-0.3, -0.25) is 0 Å². The number of hydrogen-bond donors (Lipinski definition) is 1. The van der Waals surface area contributed by atoms with Crippen LogP contribution in [0.3, 0.4) is 0 Å². The van der Waals surface area contributed by atoms with Crippen molar-refractivity contribution in [3.63, 3.8) is 0 Å². The Balaban J connectivity index is 2.96. The smallest absolute Gasteiger partial charge is 0.258 e. The number of hydrogen-bond acceptors (Lipinski definition) is 2. The van der Waals surface area contributed by atoms with E-state index in [2.05, 4.69) is 5.32 Å². The number of aryl methyl sites for hydroxylation is 1. The van der Waals surface area contributed by atoms with E-state index in [4.69, 9.17) is 5.26 Å². The van der Waals surface area contributed by atoms with E-state index in [1.165, 1.54) is 6.92 Å². The number of benzene rings is 1. The second-order valence-corrected chi connectivity index (χ2v) is 3.38. The summed E-state index contributed by atoms with van der Waals surface area (Å²) in [7, 11) is 0. The van der Waals surface area contributed by atoms with Gasteiger partial charge in [-0.05, 0) is 25.5 Å². The maximum Gasteiger partial charge on any atom is 0.258 e. The third kappa shape index (κ3) is 2.66. The van der Waals surface area contributed by atoms with Crippen LogP contribution in [0.4, 0.5) is 14.5 Å². The minimum Gasteiger partial charge on any atom is -0.376 e. The van der Waals surface area contributed by atoms with E-state index in [-0.39, 0.29) is 0 Å². The quantitative estimate of drug-likeness (QED) is 0.832. The van der Waals surface area contributed by atoms with Crippen molar-refractivity contribution in [3.8, 4) is 6.07 Å². The molecule has 0 saturated heterocycles. The first-order valence-corrected chi connectivity index (χ1v) is 4.60. The molecule has 1 rings (SSSR count). The summed E-state index contributed by atoms with van der Waals surface area (Å²) >= 11 is 0. The van der Waals surface area contributed by atoms with Gasteiger partial charge in [0.15, 0.2) is 0 Å². The van der Waals surface area contributed by atoms with Crippen LogP contribution in [0.2, 0.25) is 0 Å². The van der Waals surface area contributed by atoms with Gasteiger partial charge in [0.1, 0.15) is 6.07 Å². The largest absolute Gasteiger partial charge is 0.376 e. The Hall–Kier alpha value is -1.63. The molecular weight excluding hydrogens is 198 g/mol. The molecule has 0 radical (unpaired) electrons. The molecule has 15 heavy (non-hydrogen) atoms. The van der Waals surface area contributed by atoms with Crippen LogP contribution in [-0.2, 0) is 0 Å². The van der Waals surface area contributed by atoms with E-state index in [1.54, 1.807) is 25.1 Å². The molecule has 1 atom stereocenters. The van der Waals surface area contributed by atoms with E-state index in [9.17, 15) is 8.78 Å². The standard InChI is InChI=1S/C11H12F2N2/c1-7-4-3-5-10(9(7)6-14)15-8(2)11(12)13/h3-5,8,11,15H,1-2H3. The molecule has 0 aliphatic rings. The van der Waals surface area contributed by atoms with Crippen molar-refractivity contribution < 1.29 is 8.78 Å². The number of nitrogens with zero attached hydrogens (tertiary/aromatic N) is 1. The predicted molar refractivity (Wildman–Crippen MR) is 55.0 cm³/mol. The van der Waals surface area contributed by atoms with Crippen LogP contribution in [0.1, 0.15) is 18.1 Å². The fraction of sp³-hybridized carbons (Fsp3) is 0.364. The fourth-order valence-electron chi connectivity index (χ4n) is 1.24. The molecule has 1 aromatic carbocycles. The van der Waals surface area contributed by atoms with Crippen LogP contribution >= 0.6 is 0 Å². The lowest BCUT2D eigenvalue weighted by Crippen LogP contribution is -2.24. The number of alkyl halides is 2. The second kappa shape index (κ2) is 4.74. The first kappa shape index (κ1) is 11.4. The van der Waals surface area contributed by atoms with Crippen LogP contribution < -0.4 is 5.32 Å². The topological polar surface area (TPSA) is 35.8 Å². The average molecular weight is 210 g/mol. The molecule has 0 heterocycles. The lowest BCUT2D eigenvalue weighted by Gasteiger charge is -2.15. The van der Waals surface area contributed by atoms with Gasteiger partial charge in [-0.15, -0.1) is 0 Å². The first-order chi connectivity index (χ1) is 7.06. The van der Waals surface area contributed by atoms with Crippen molar-refractivity contribution in [2.45, 2.75) is 26.3 Å². The Labute approximate surface area is 87.5 Å².